The number of nitrogen functional groups attached to an aromatic ring is 1. The summed E-state index contributed by atoms with van der Waals surface area (Å²) in [7, 11) is 1.71. The van der Waals surface area contributed by atoms with Crippen LogP contribution in [0.4, 0.5) is 5.69 Å². The Labute approximate surface area is 124 Å². The average Bonchev–Trinajstić information content (AvgIpc) is 2.99. The first-order valence-corrected chi connectivity index (χ1v) is 7.51. The van der Waals surface area contributed by atoms with Crippen LogP contribution in [-0.4, -0.2) is 17.3 Å². The maximum absolute atomic E-state index is 5.95. The molecule has 2 aromatic rings. The highest BCUT2D eigenvalue weighted by molar-refractivity contribution is 5.69. The van der Waals surface area contributed by atoms with E-state index < -0.39 is 0 Å². The van der Waals surface area contributed by atoms with Gasteiger partial charge in [0.1, 0.15) is 6.10 Å². The summed E-state index contributed by atoms with van der Waals surface area (Å²) in [6.07, 6.45) is 6.05. The third-order valence-electron chi connectivity index (χ3n) is 4.22. The SMILES string of the molecule is COC(c1noc(-c2ccccc2N)n1)C1CCCCC1. The summed E-state index contributed by atoms with van der Waals surface area (Å²) < 4.78 is 11.0. The van der Waals surface area contributed by atoms with Gasteiger partial charge in [-0.15, -0.1) is 0 Å². The molecule has 0 amide bonds. The van der Waals surface area contributed by atoms with Crippen molar-refractivity contribution >= 4 is 5.69 Å². The molecule has 1 aromatic carbocycles. The Morgan fingerprint density at radius 3 is 2.71 bits per heavy atom. The van der Waals surface area contributed by atoms with Crippen molar-refractivity contribution < 1.29 is 9.26 Å². The first-order chi connectivity index (χ1) is 10.3. The zero-order valence-electron chi connectivity index (χ0n) is 12.3. The molecule has 3 rings (SSSR count). The predicted octanol–water partition coefficient (Wildman–Crippen LogP) is 3.59. The van der Waals surface area contributed by atoms with Crippen LogP contribution >= 0.6 is 0 Å². The minimum atomic E-state index is -0.0901. The van der Waals surface area contributed by atoms with E-state index in [0.29, 0.717) is 23.3 Å². The topological polar surface area (TPSA) is 74.2 Å². The summed E-state index contributed by atoms with van der Waals surface area (Å²) in [5, 5.41) is 4.11. The van der Waals surface area contributed by atoms with E-state index in [-0.39, 0.29) is 6.10 Å². The quantitative estimate of drug-likeness (QED) is 0.870. The van der Waals surface area contributed by atoms with Crippen LogP contribution in [-0.2, 0) is 4.74 Å². The van der Waals surface area contributed by atoms with Gasteiger partial charge >= 0.3 is 0 Å². The van der Waals surface area contributed by atoms with Crippen LogP contribution in [0.2, 0.25) is 0 Å². The summed E-state index contributed by atoms with van der Waals surface area (Å²) in [6.45, 7) is 0. The Bertz CT molecular complexity index is 591. The predicted molar refractivity (Wildman–Crippen MR) is 80.5 cm³/mol. The van der Waals surface area contributed by atoms with E-state index in [1.807, 2.05) is 24.3 Å². The minimum Gasteiger partial charge on any atom is -0.398 e. The molecule has 5 nitrogen and oxygen atoms in total. The Kier molecular flexibility index (Phi) is 4.20. The summed E-state index contributed by atoms with van der Waals surface area (Å²) in [5.41, 5.74) is 7.37. The zero-order valence-corrected chi connectivity index (χ0v) is 12.3. The maximum Gasteiger partial charge on any atom is 0.260 e. The van der Waals surface area contributed by atoms with Gasteiger partial charge in [-0.2, -0.15) is 4.98 Å². The number of ether oxygens (including phenoxy) is 1. The van der Waals surface area contributed by atoms with Crippen LogP contribution in [0.25, 0.3) is 11.5 Å². The molecule has 112 valence electrons. The number of aromatic nitrogens is 2. The molecule has 1 heterocycles. The number of hydrogen-bond acceptors (Lipinski definition) is 5. The Balaban J connectivity index is 1.84. The Morgan fingerprint density at radius 2 is 2.00 bits per heavy atom. The number of methoxy groups -OCH3 is 1. The molecule has 0 radical (unpaired) electrons. The van der Waals surface area contributed by atoms with Crippen molar-refractivity contribution in [2.75, 3.05) is 12.8 Å². The van der Waals surface area contributed by atoms with Crippen LogP contribution in [0, 0.1) is 5.92 Å². The van der Waals surface area contributed by atoms with Crippen molar-refractivity contribution in [1.82, 2.24) is 10.1 Å². The lowest BCUT2D eigenvalue weighted by atomic mass is 9.85. The highest BCUT2D eigenvalue weighted by Crippen LogP contribution is 2.36. The van der Waals surface area contributed by atoms with Crippen molar-refractivity contribution in [3.8, 4) is 11.5 Å². The van der Waals surface area contributed by atoms with E-state index in [2.05, 4.69) is 10.1 Å². The molecule has 1 aliphatic carbocycles. The van der Waals surface area contributed by atoms with Gasteiger partial charge in [0.25, 0.3) is 5.89 Å². The van der Waals surface area contributed by atoms with Crippen molar-refractivity contribution in [2.24, 2.45) is 5.92 Å². The normalized spacial score (nSPS) is 17.8. The lowest BCUT2D eigenvalue weighted by Crippen LogP contribution is -2.19. The second kappa shape index (κ2) is 6.26. The first-order valence-electron chi connectivity index (χ1n) is 7.51. The van der Waals surface area contributed by atoms with Gasteiger partial charge in [0.15, 0.2) is 0 Å². The highest BCUT2D eigenvalue weighted by Gasteiger charge is 2.29. The number of para-hydroxylation sites is 1. The standard InChI is InChI=1S/C16H21N3O2/c1-20-14(11-7-3-2-4-8-11)15-18-16(21-19-15)12-9-5-6-10-13(12)17/h5-6,9-11,14H,2-4,7-8,17H2,1H3. The van der Waals surface area contributed by atoms with Crippen LogP contribution in [0.5, 0.6) is 0 Å². The summed E-state index contributed by atoms with van der Waals surface area (Å²) >= 11 is 0. The molecule has 21 heavy (non-hydrogen) atoms. The molecule has 1 fully saturated rings. The third-order valence-corrected chi connectivity index (χ3v) is 4.22. The molecule has 1 saturated carbocycles. The molecular weight excluding hydrogens is 266 g/mol. The summed E-state index contributed by atoms with van der Waals surface area (Å²) in [4.78, 5) is 4.50. The van der Waals surface area contributed by atoms with Crippen molar-refractivity contribution in [2.45, 2.75) is 38.2 Å². The summed E-state index contributed by atoms with van der Waals surface area (Å²) in [5.74, 6) is 1.56. The summed E-state index contributed by atoms with van der Waals surface area (Å²) in [6, 6.07) is 7.50. The van der Waals surface area contributed by atoms with Gasteiger partial charge in [-0.3, -0.25) is 0 Å². The minimum absolute atomic E-state index is 0.0901. The number of hydrogen-bond donors (Lipinski definition) is 1. The molecular formula is C16H21N3O2. The van der Waals surface area contributed by atoms with Crippen molar-refractivity contribution in [3.05, 3.63) is 30.1 Å². The van der Waals surface area contributed by atoms with Crippen molar-refractivity contribution in [3.63, 3.8) is 0 Å². The van der Waals surface area contributed by atoms with E-state index in [4.69, 9.17) is 15.0 Å². The van der Waals surface area contributed by atoms with Gasteiger partial charge in [0.2, 0.25) is 5.82 Å². The van der Waals surface area contributed by atoms with Gasteiger partial charge in [-0.05, 0) is 30.9 Å². The number of rotatable bonds is 4. The molecule has 2 N–H and O–H groups in total. The second-order valence-corrected chi connectivity index (χ2v) is 5.60. The molecule has 1 aromatic heterocycles. The molecule has 5 heteroatoms. The van der Waals surface area contributed by atoms with Crippen molar-refractivity contribution in [1.29, 1.82) is 0 Å². The molecule has 1 atom stereocenters. The number of benzene rings is 1. The highest BCUT2D eigenvalue weighted by atomic mass is 16.5. The second-order valence-electron chi connectivity index (χ2n) is 5.60. The van der Waals surface area contributed by atoms with E-state index >= 15 is 0 Å². The number of anilines is 1. The maximum atomic E-state index is 5.95. The van der Waals surface area contributed by atoms with Gasteiger partial charge in [-0.25, -0.2) is 0 Å². The Morgan fingerprint density at radius 1 is 1.24 bits per heavy atom. The molecule has 0 aliphatic heterocycles. The van der Waals surface area contributed by atoms with Crippen LogP contribution < -0.4 is 5.73 Å². The monoisotopic (exact) mass is 287 g/mol. The van der Waals surface area contributed by atoms with Gasteiger partial charge in [0, 0.05) is 12.8 Å². The van der Waals surface area contributed by atoms with Crippen LogP contribution in [0.1, 0.15) is 44.0 Å². The fourth-order valence-electron chi connectivity index (χ4n) is 3.10. The molecule has 0 saturated heterocycles. The van der Waals surface area contributed by atoms with Crippen LogP contribution in [0.3, 0.4) is 0 Å². The fraction of sp³-hybridized carbons (Fsp3) is 0.500. The lowest BCUT2D eigenvalue weighted by molar-refractivity contribution is 0.0274. The Hall–Kier alpha value is -1.88. The number of nitrogens with two attached hydrogens (primary N) is 1. The van der Waals surface area contributed by atoms with Crippen LogP contribution in [0.15, 0.2) is 28.8 Å². The third kappa shape index (κ3) is 2.93. The first kappa shape index (κ1) is 14.1. The zero-order chi connectivity index (χ0) is 14.7. The average molecular weight is 287 g/mol. The van der Waals surface area contributed by atoms with E-state index in [1.165, 1.54) is 19.3 Å². The fourth-order valence-corrected chi connectivity index (χ4v) is 3.10. The molecule has 0 spiro atoms. The van der Waals surface area contributed by atoms with Gasteiger partial charge in [-0.1, -0.05) is 36.6 Å². The van der Waals surface area contributed by atoms with E-state index in [1.54, 1.807) is 7.11 Å². The molecule has 1 aliphatic rings. The lowest BCUT2D eigenvalue weighted by Gasteiger charge is -2.26. The molecule has 0 bridgehead atoms. The van der Waals surface area contributed by atoms with E-state index in [9.17, 15) is 0 Å². The smallest absolute Gasteiger partial charge is 0.260 e. The van der Waals surface area contributed by atoms with E-state index in [0.717, 1.165) is 18.4 Å². The number of nitrogens with zero attached hydrogens (tertiary/aromatic N) is 2. The largest absolute Gasteiger partial charge is 0.398 e. The van der Waals surface area contributed by atoms with Gasteiger partial charge in [0.05, 0.1) is 5.56 Å². The van der Waals surface area contributed by atoms with Gasteiger partial charge < -0.3 is 15.0 Å². The molecule has 1 unspecified atom stereocenters.